The van der Waals surface area contributed by atoms with E-state index in [0.29, 0.717) is 18.2 Å². The Morgan fingerprint density at radius 1 is 1.19 bits per heavy atom. The minimum Gasteiger partial charge on any atom is -0.484 e. The third kappa shape index (κ3) is 5.05. The van der Waals surface area contributed by atoms with Gasteiger partial charge in [0.2, 0.25) is 11.8 Å². The quantitative estimate of drug-likeness (QED) is 0.563. The molecule has 8 nitrogen and oxygen atoms in total. The molecule has 2 aromatic carbocycles. The predicted octanol–water partition coefficient (Wildman–Crippen LogP) is 3.64. The Balaban J connectivity index is 1.33. The molecule has 1 aliphatic rings. The first-order valence-corrected chi connectivity index (χ1v) is 11.0. The molecule has 1 aliphatic heterocycles. The lowest BCUT2D eigenvalue weighted by Gasteiger charge is -2.16. The van der Waals surface area contributed by atoms with Crippen molar-refractivity contribution in [1.82, 2.24) is 10.2 Å². The van der Waals surface area contributed by atoms with Gasteiger partial charge in [-0.1, -0.05) is 22.8 Å². The van der Waals surface area contributed by atoms with Gasteiger partial charge in [-0.2, -0.15) is 0 Å². The normalized spacial score (nSPS) is 15.9. The summed E-state index contributed by atoms with van der Waals surface area (Å²) in [5.74, 6) is 0.286. The summed E-state index contributed by atoms with van der Waals surface area (Å²) >= 11 is 1.65. The van der Waals surface area contributed by atoms with Crippen LogP contribution in [0.25, 0.3) is 0 Å². The molecule has 3 aromatic rings. The molecule has 0 radical (unpaired) electrons. The molecule has 0 bridgehead atoms. The number of nitrogens with one attached hydrogen (secondary N) is 1. The maximum absolute atomic E-state index is 12.5. The van der Waals surface area contributed by atoms with E-state index in [1.165, 1.54) is 0 Å². The third-order valence-electron chi connectivity index (χ3n) is 4.94. The van der Waals surface area contributed by atoms with Gasteiger partial charge >= 0.3 is 6.01 Å². The molecule has 1 aromatic heterocycles. The number of amides is 2. The minimum atomic E-state index is -0.409. The monoisotopic (exact) mass is 438 g/mol. The Morgan fingerprint density at radius 2 is 1.94 bits per heavy atom. The van der Waals surface area contributed by atoms with Gasteiger partial charge in [0.1, 0.15) is 5.75 Å². The van der Waals surface area contributed by atoms with Crippen LogP contribution in [-0.2, 0) is 9.59 Å². The summed E-state index contributed by atoms with van der Waals surface area (Å²) < 4.78 is 11.0. The van der Waals surface area contributed by atoms with Crippen LogP contribution in [0.1, 0.15) is 23.8 Å². The summed E-state index contributed by atoms with van der Waals surface area (Å²) in [6.07, 6.45) is 2.28. The van der Waals surface area contributed by atoms with Crippen molar-refractivity contribution >= 4 is 35.3 Å². The van der Waals surface area contributed by atoms with Crippen molar-refractivity contribution in [2.24, 2.45) is 0 Å². The minimum absolute atomic E-state index is 0.00261. The molecule has 1 saturated heterocycles. The first-order valence-electron chi connectivity index (χ1n) is 9.79. The Labute approximate surface area is 184 Å². The molecule has 1 fully saturated rings. The number of carbonyl (C=O) groups is 2. The Hall–Kier alpha value is -3.33. The maximum Gasteiger partial charge on any atom is 0.322 e. The molecule has 4 rings (SSSR count). The fraction of sp³-hybridized carbons (Fsp3) is 0.273. The smallest absolute Gasteiger partial charge is 0.322 e. The second kappa shape index (κ2) is 9.22. The van der Waals surface area contributed by atoms with Crippen LogP contribution in [0.3, 0.4) is 0 Å². The standard InChI is InChI=1S/C22H22N4O4S/c1-14-3-7-17(8-4-14)29-13-19(27)23-22-25-24-21(30-22)15-11-20(28)26(12-15)16-5-9-18(31-2)10-6-16/h3-10,15H,11-13H2,1-2H3,(H,23,25,27)/t15-/m1/s1. The van der Waals surface area contributed by atoms with Crippen LogP contribution in [0.15, 0.2) is 57.8 Å². The van der Waals surface area contributed by atoms with E-state index in [4.69, 9.17) is 9.15 Å². The molecule has 160 valence electrons. The molecule has 2 heterocycles. The van der Waals surface area contributed by atoms with Crippen LogP contribution in [0, 0.1) is 6.92 Å². The Kier molecular flexibility index (Phi) is 6.22. The molecular formula is C22H22N4O4S. The summed E-state index contributed by atoms with van der Waals surface area (Å²) in [4.78, 5) is 27.4. The number of nitrogens with zero attached hydrogens (tertiary/aromatic N) is 3. The topological polar surface area (TPSA) is 97.6 Å². The second-order valence-electron chi connectivity index (χ2n) is 7.20. The van der Waals surface area contributed by atoms with Crippen LogP contribution in [0.2, 0.25) is 0 Å². The highest BCUT2D eigenvalue weighted by molar-refractivity contribution is 7.98. The average molecular weight is 439 g/mol. The van der Waals surface area contributed by atoms with Gasteiger partial charge in [0, 0.05) is 23.5 Å². The molecule has 0 aliphatic carbocycles. The number of hydrogen-bond acceptors (Lipinski definition) is 7. The summed E-state index contributed by atoms with van der Waals surface area (Å²) in [7, 11) is 0. The maximum atomic E-state index is 12.5. The average Bonchev–Trinajstić information content (AvgIpc) is 3.40. The largest absolute Gasteiger partial charge is 0.484 e. The van der Waals surface area contributed by atoms with Crippen molar-refractivity contribution in [1.29, 1.82) is 0 Å². The third-order valence-corrected chi connectivity index (χ3v) is 5.68. The molecule has 31 heavy (non-hydrogen) atoms. The highest BCUT2D eigenvalue weighted by atomic mass is 32.2. The van der Waals surface area contributed by atoms with Gasteiger partial charge in [0.05, 0.1) is 5.92 Å². The number of hydrogen-bond donors (Lipinski definition) is 1. The molecule has 1 N–H and O–H groups in total. The molecule has 0 unspecified atom stereocenters. The van der Waals surface area contributed by atoms with Gasteiger partial charge in [0.25, 0.3) is 5.91 Å². The van der Waals surface area contributed by atoms with Gasteiger partial charge in [-0.3, -0.25) is 14.9 Å². The van der Waals surface area contributed by atoms with Gasteiger partial charge in [-0.25, -0.2) is 0 Å². The Bertz CT molecular complexity index is 1070. The van der Waals surface area contributed by atoms with Crippen molar-refractivity contribution in [3.05, 3.63) is 60.0 Å². The van der Waals surface area contributed by atoms with Crippen LogP contribution in [0.5, 0.6) is 5.75 Å². The zero-order chi connectivity index (χ0) is 21.8. The molecular weight excluding hydrogens is 416 g/mol. The fourth-order valence-corrected chi connectivity index (χ4v) is 3.68. The number of aryl methyl sites for hydroxylation is 1. The summed E-state index contributed by atoms with van der Waals surface area (Å²) in [5, 5.41) is 10.4. The number of carbonyl (C=O) groups excluding carboxylic acids is 2. The van der Waals surface area contributed by atoms with E-state index in [-0.39, 0.29) is 30.9 Å². The predicted molar refractivity (Wildman–Crippen MR) is 118 cm³/mol. The van der Waals surface area contributed by atoms with Gasteiger partial charge < -0.3 is 14.1 Å². The van der Waals surface area contributed by atoms with E-state index in [2.05, 4.69) is 15.5 Å². The SMILES string of the molecule is CSc1ccc(N2C[C@H](c3nnc(NC(=O)COc4ccc(C)cc4)o3)CC2=O)cc1. The second-order valence-corrected chi connectivity index (χ2v) is 8.08. The van der Waals surface area contributed by atoms with Crippen LogP contribution < -0.4 is 15.0 Å². The van der Waals surface area contributed by atoms with E-state index in [1.807, 2.05) is 49.6 Å². The van der Waals surface area contributed by atoms with Crippen LogP contribution in [0.4, 0.5) is 11.7 Å². The summed E-state index contributed by atoms with van der Waals surface area (Å²) in [6, 6.07) is 15.2. The first kappa shape index (κ1) is 20.9. The number of ether oxygens (including phenoxy) is 1. The van der Waals surface area contributed by atoms with Crippen molar-refractivity contribution in [3.63, 3.8) is 0 Å². The van der Waals surface area contributed by atoms with Gasteiger partial charge in [-0.15, -0.1) is 16.9 Å². The van der Waals surface area contributed by atoms with Gasteiger partial charge in [0.15, 0.2) is 6.61 Å². The number of benzene rings is 2. The van der Waals surface area contributed by atoms with Crippen molar-refractivity contribution in [2.45, 2.75) is 24.2 Å². The molecule has 0 saturated carbocycles. The lowest BCUT2D eigenvalue weighted by atomic mass is 10.1. The van der Waals surface area contributed by atoms with Crippen molar-refractivity contribution < 1.29 is 18.7 Å². The first-order chi connectivity index (χ1) is 15.0. The molecule has 1 atom stereocenters. The van der Waals surface area contributed by atoms with E-state index >= 15 is 0 Å². The summed E-state index contributed by atoms with van der Waals surface area (Å²) in [6.45, 7) is 2.24. The lowest BCUT2D eigenvalue weighted by Crippen LogP contribution is -2.24. The van der Waals surface area contributed by atoms with Gasteiger partial charge in [-0.05, 0) is 49.6 Å². The number of aromatic nitrogens is 2. The fourth-order valence-electron chi connectivity index (χ4n) is 3.27. The lowest BCUT2D eigenvalue weighted by molar-refractivity contribution is -0.118. The molecule has 9 heteroatoms. The van der Waals surface area contributed by atoms with E-state index in [0.717, 1.165) is 16.1 Å². The molecule has 0 spiro atoms. The van der Waals surface area contributed by atoms with Crippen LogP contribution >= 0.6 is 11.8 Å². The molecule has 2 amide bonds. The van der Waals surface area contributed by atoms with Crippen molar-refractivity contribution in [3.8, 4) is 5.75 Å². The van der Waals surface area contributed by atoms with E-state index in [1.54, 1.807) is 28.8 Å². The van der Waals surface area contributed by atoms with Crippen molar-refractivity contribution in [2.75, 3.05) is 29.6 Å². The van der Waals surface area contributed by atoms with Crippen LogP contribution in [-0.4, -0.2) is 41.4 Å². The number of thioether (sulfide) groups is 1. The van der Waals surface area contributed by atoms with E-state index < -0.39 is 5.91 Å². The van der Waals surface area contributed by atoms with E-state index in [9.17, 15) is 9.59 Å². The number of anilines is 2. The zero-order valence-corrected chi connectivity index (χ0v) is 18.0. The zero-order valence-electron chi connectivity index (χ0n) is 17.2. The number of rotatable bonds is 7. The highest BCUT2D eigenvalue weighted by Gasteiger charge is 2.35. The highest BCUT2D eigenvalue weighted by Crippen LogP contribution is 2.32. The summed E-state index contributed by atoms with van der Waals surface area (Å²) in [5.41, 5.74) is 1.95. The Morgan fingerprint density at radius 3 is 2.65 bits per heavy atom.